The SMILES string of the molecule is [2H]C([2H])([2H])c1cc(-c2ccccc2)ccc1-n1c(-c2cc(C(C)(C)C)cc(C(C)(C)C)c2O)nc2c(-c3[c-]c(-c4cc(-c5cccc(C(C([2H])([2H])[2H])(C([2H])([2H])[2H])C([2H])([2H])[2H])c5)ccn4)cc(-c4ccccc4)c3)cccc21.[Pt]. The maximum absolute atomic E-state index is 12.5. The first-order valence-corrected chi connectivity index (χ1v) is 21.7. The number of fused-ring (bicyclic) bond motifs is 1. The number of para-hydroxylation sites is 1. The first-order chi connectivity index (χ1) is 35.9. The number of aromatic nitrogens is 3. The van der Waals surface area contributed by atoms with Crippen molar-refractivity contribution in [2.24, 2.45) is 0 Å². The van der Waals surface area contributed by atoms with Gasteiger partial charge in [-0.25, -0.2) is 4.98 Å². The Balaban J connectivity index is 0.00000803. The van der Waals surface area contributed by atoms with Gasteiger partial charge in [0.25, 0.3) is 0 Å². The van der Waals surface area contributed by atoms with E-state index in [1.165, 1.54) is 18.2 Å². The van der Waals surface area contributed by atoms with Crippen molar-refractivity contribution in [3.8, 4) is 78.6 Å². The molecule has 4 nitrogen and oxygen atoms in total. The third-order valence-electron chi connectivity index (χ3n) is 12.0. The number of hydrogen-bond acceptors (Lipinski definition) is 3. The maximum Gasteiger partial charge on any atom is 0.148 e. The molecular formula is C61H58N3OPt-. The number of hydrogen-bond donors (Lipinski definition) is 1. The van der Waals surface area contributed by atoms with Gasteiger partial charge in [0.05, 0.1) is 22.3 Å². The van der Waals surface area contributed by atoms with Crippen LogP contribution < -0.4 is 0 Å². The number of phenols is 1. The Kier molecular flexibility index (Phi) is 8.94. The van der Waals surface area contributed by atoms with Crippen molar-refractivity contribution in [3.63, 3.8) is 0 Å². The average molecular weight is 1060 g/mol. The summed E-state index contributed by atoms with van der Waals surface area (Å²) in [6, 6.07) is 51.1. The Morgan fingerprint density at radius 1 is 0.545 bits per heavy atom. The van der Waals surface area contributed by atoms with Gasteiger partial charge >= 0.3 is 0 Å². The van der Waals surface area contributed by atoms with Crippen LogP contribution in [0.1, 0.15) is 101 Å². The summed E-state index contributed by atoms with van der Waals surface area (Å²) >= 11 is 0. The fraction of sp³-hybridized carbons (Fsp3) is 0.213. The van der Waals surface area contributed by atoms with Crippen LogP contribution in [0.2, 0.25) is 0 Å². The second kappa shape index (κ2) is 17.8. The molecule has 2 heterocycles. The van der Waals surface area contributed by atoms with E-state index >= 15 is 0 Å². The van der Waals surface area contributed by atoms with E-state index in [1.54, 1.807) is 36.5 Å². The van der Waals surface area contributed by atoms with Gasteiger partial charge in [-0.15, -0.1) is 23.8 Å². The van der Waals surface area contributed by atoms with Crippen molar-refractivity contribution in [2.75, 3.05) is 0 Å². The minimum absolute atomic E-state index is 0. The molecule has 0 unspecified atom stereocenters. The maximum atomic E-state index is 12.5. The largest absolute Gasteiger partial charge is 0.507 e. The van der Waals surface area contributed by atoms with E-state index in [2.05, 4.69) is 26.8 Å². The molecule has 0 saturated carbocycles. The Bertz CT molecular complexity index is 3640. The zero-order valence-corrected chi connectivity index (χ0v) is 40.0. The van der Waals surface area contributed by atoms with E-state index in [9.17, 15) is 5.11 Å². The molecule has 0 aliphatic rings. The molecule has 0 radical (unpaired) electrons. The third kappa shape index (κ3) is 9.09. The Hall–Kier alpha value is -6.35. The van der Waals surface area contributed by atoms with Crippen molar-refractivity contribution in [3.05, 3.63) is 192 Å². The second-order valence-corrected chi connectivity index (χ2v) is 18.8. The van der Waals surface area contributed by atoms with Gasteiger partial charge in [-0.1, -0.05) is 194 Å². The number of pyridine rings is 1. The first-order valence-electron chi connectivity index (χ1n) is 27.7. The first kappa shape index (κ1) is 33.2. The molecule has 66 heavy (non-hydrogen) atoms. The van der Waals surface area contributed by atoms with E-state index in [1.807, 2.05) is 135 Å². The van der Waals surface area contributed by atoms with Crippen LogP contribution in [0.4, 0.5) is 0 Å². The number of benzene rings is 7. The minimum atomic E-state index is -3.44. The summed E-state index contributed by atoms with van der Waals surface area (Å²) in [6.07, 6.45) is 1.56. The van der Waals surface area contributed by atoms with Crippen molar-refractivity contribution >= 4 is 11.0 Å². The van der Waals surface area contributed by atoms with Gasteiger partial charge in [0.1, 0.15) is 11.6 Å². The summed E-state index contributed by atoms with van der Waals surface area (Å²) in [4.78, 5) is 10.2. The van der Waals surface area contributed by atoms with Gasteiger partial charge in [0.2, 0.25) is 0 Å². The molecule has 334 valence electrons. The van der Waals surface area contributed by atoms with Gasteiger partial charge in [0.15, 0.2) is 0 Å². The van der Waals surface area contributed by atoms with Gasteiger partial charge in [-0.05, 0) is 97.9 Å². The van der Waals surface area contributed by atoms with Crippen molar-refractivity contribution in [1.82, 2.24) is 14.5 Å². The van der Waals surface area contributed by atoms with Crippen molar-refractivity contribution in [2.45, 2.75) is 85.2 Å². The summed E-state index contributed by atoms with van der Waals surface area (Å²) in [5.74, 6) is 0.354. The molecule has 9 aromatic rings. The van der Waals surface area contributed by atoms with Crippen LogP contribution in [0.5, 0.6) is 5.75 Å². The molecule has 0 atom stereocenters. The van der Waals surface area contributed by atoms with Crippen LogP contribution in [-0.2, 0) is 37.3 Å². The molecule has 0 amide bonds. The zero-order valence-electron chi connectivity index (χ0n) is 49.7. The van der Waals surface area contributed by atoms with Crippen LogP contribution in [0, 0.1) is 12.9 Å². The molecule has 7 aromatic carbocycles. The molecule has 0 aliphatic heterocycles. The number of imidazole rings is 1. The number of nitrogens with zero attached hydrogens (tertiary/aromatic N) is 3. The third-order valence-corrected chi connectivity index (χ3v) is 12.0. The summed E-state index contributed by atoms with van der Waals surface area (Å²) in [5, 5.41) is 12.5. The van der Waals surface area contributed by atoms with Gasteiger partial charge in [-0.2, -0.15) is 0 Å². The quantitative estimate of drug-likeness (QED) is 0.162. The van der Waals surface area contributed by atoms with Crippen LogP contribution in [0.25, 0.3) is 83.9 Å². The van der Waals surface area contributed by atoms with Crippen LogP contribution in [-0.4, -0.2) is 19.6 Å². The molecule has 2 aromatic heterocycles. The molecule has 0 spiro atoms. The number of aromatic hydroxyl groups is 1. The average Bonchev–Trinajstić information content (AvgIpc) is 3.78. The summed E-state index contributed by atoms with van der Waals surface area (Å²) < 4.78 is 104. The van der Waals surface area contributed by atoms with E-state index < -0.39 is 38.2 Å². The smallest absolute Gasteiger partial charge is 0.148 e. The summed E-state index contributed by atoms with van der Waals surface area (Å²) in [5.41, 5.74) is 5.52. The molecule has 0 fully saturated rings. The standard InChI is InChI=1S/C61H58N3O.Pt/c1-39-31-43(40-19-13-11-14-20-40)27-28-54(39)64-55-26-18-25-50(56(55)63-58(64)51-37-49(60(5,6)7)38-52(57(51)65)61(8,9)10)46-32-45(41-21-15-12-16-22-41)33-47(34-46)53-36-44(29-30-62-53)42-23-17-24-48(35-42)59(2,3)4;/h11-33,35-38,65H,1-10H3;/q-1;/i1D3,2D3,3D3,4D3;. The molecule has 0 bridgehead atoms. The summed E-state index contributed by atoms with van der Waals surface area (Å²) in [6.45, 7) is -0.484. The fourth-order valence-electron chi connectivity index (χ4n) is 8.43. The number of phenolic OH excluding ortho intramolecular Hbond substituents is 1. The Morgan fingerprint density at radius 2 is 1.20 bits per heavy atom. The van der Waals surface area contributed by atoms with Gasteiger partial charge in [0, 0.05) is 55.0 Å². The normalized spacial score (nSPS) is 15.5. The van der Waals surface area contributed by atoms with Gasteiger partial charge < -0.3 is 5.11 Å². The van der Waals surface area contributed by atoms with Crippen molar-refractivity contribution < 1.29 is 42.6 Å². The van der Waals surface area contributed by atoms with Crippen LogP contribution in [0.15, 0.2) is 164 Å². The van der Waals surface area contributed by atoms with E-state index in [-0.39, 0.29) is 43.4 Å². The summed E-state index contributed by atoms with van der Waals surface area (Å²) in [7, 11) is 0. The predicted molar refractivity (Wildman–Crippen MR) is 273 cm³/mol. The number of aryl methyl sites for hydroxylation is 1. The molecular weight excluding hydrogens is 986 g/mol. The molecule has 9 rings (SSSR count). The molecule has 0 aliphatic carbocycles. The van der Waals surface area contributed by atoms with Gasteiger partial charge in [-0.3, -0.25) is 9.55 Å². The van der Waals surface area contributed by atoms with Crippen LogP contribution >= 0.6 is 0 Å². The minimum Gasteiger partial charge on any atom is -0.507 e. The second-order valence-electron chi connectivity index (χ2n) is 18.8. The Labute approximate surface area is 422 Å². The van der Waals surface area contributed by atoms with Crippen molar-refractivity contribution in [1.29, 1.82) is 0 Å². The zero-order chi connectivity index (χ0) is 55.8. The van der Waals surface area contributed by atoms with E-state index in [4.69, 9.17) is 26.4 Å². The Morgan fingerprint density at radius 3 is 1.88 bits per heavy atom. The van der Waals surface area contributed by atoms with E-state index in [0.29, 0.717) is 67.2 Å². The molecule has 5 heteroatoms. The monoisotopic (exact) mass is 1060 g/mol. The van der Waals surface area contributed by atoms with Crippen LogP contribution in [0.3, 0.4) is 0 Å². The fourth-order valence-corrected chi connectivity index (χ4v) is 8.43. The molecule has 1 N–H and O–H groups in total. The topological polar surface area (TPSA) is 50.9 Å². The predicted octanol–water partition coefficient (Wildman–Crippen LogP) is 16.1. The van der Waals surface area contributed by atoms with E-state index in [0.717, 1.165) is 27.8 Å². The number of rotatable bonds is 7. The molecule has 0 saturated heterocycles.